The number of anilines is 2. The summed E-state index contributed by atoms with van der Waals surface area (Å²) < 4.78 is 25.4. The number of nitrogens with one attached hydrogen (secondary N) is 2. The van der Waals surface area contributed by atoms with Crippen molar-refractivity contribution in [2.24, 2.45) is 0 Å². The van der Waals surface area contributed by atoms with Gasteiger partial charge in [-0.25, -0.2) is 8.42 Å². The number of hydrogen-bond acceptors (Lipinski definition) is 5. The van der Waals surface area contributed by atoms with Crippen molar-refractivity contribution in [1.82, 2.24) is 0 Å². The molecule has 0 unspecified atom stereocenters. The zero-order valence-electron chi connectivity index (χ0n) is 13.0. The number of non-ortho nitro benzene ring substituents is 1. The van der Waals surface area contributed by atoms with Gasteiger partial charge in [0.05, 0.1) is 21.3 Å². The van der Waals surface area contributed by atoms with E-state index in [4.69, 9.17) is 11.6 Å². The van der Waals surface area contributed by atoms with Gasteiger partial charge in [-0.3, -0.25) is 19.6 Å². The number of carbonyl (C=O) groups excluding carboxylic acids is 1. The predicted molar refractivity (Wildman–Crippen MR) is 95.6 cm³/mol. The maximum absolute atomic E-state index is 12.2. The van der Waals surface area contributed by atoms with Crippen molar-refractivity contribution in [2.75, 3.05) is 15.8 Å². The van der Waals surface area contributed by atoms with E-state index in [1.54, 1.807) is 0 Å². The molecule has 2 aromatic carbocycles. The monoisotopic (exact) mass is 383 g/mol. The number of benzene rings is 2. The van der Waals surface area contributed by atoms with Crippen molar-refractivity contribution in [3.05, 3.63) is 63.2 Å². The molecule has 0 aliphatic carbocycles. The first kappa shape index (κ1) is 18.7. The van der Waals surface area contributed by atoms with Gasteiger partial charge in [-0.15, -0.1) is 0 Å². The fourth-order valence-corrected chi connectivity index (χ4v) is 2.77. The minimum atomic E-state index is -3.38. The SMILES string of the molecule is CCS(=O)(=O)Nc1ccc(NC(=O)c2ccc([N+](=O)[O-])cc2Cl)cc1. The fraction of sp³-hybridized carbons (Fsp3) is 0.133. The van der Waals surface area contributed by atoms with E-state index in [-0.39, 0.29) is 22.0 Å². The van der Waals surface area contributed by atoms with Gasteiger partial charge in [-0.05, 0) is 37.3 Å². The van der Waals surface area contributed by atoms with Gasteiger partial charge in [-0.2, -0.15) is 0 Å². The molecule has 0 aliphatic heterocycles. The summed E-state index contributed by atoms with van der Waals surface area (Å²) in [6.07, 6.45) is 0. The van der Waals surface area contributed by atoms with Crippen LogP contribution in [0.1, 0.15) is 17.3 Å². The lowest BCUT2D eigenvalue weighted by Gasteiger charge is -2.09. The number of carbonyl (C=O) groups is 1. The molecule has 0 aromatic heterocycles. The van der Waals surface area contributed by atoms with E-state index in [1.807, 2.05) is 0 Å². The second-order valence-corrected chi connectivity index (χ2v) is 7.38. The Bertz CT molecular complexity index is 913. The highest BCUT2D eigenvalue weighted by Crippen LogP contribution is 2.24. The van der Waals surface area contributed by atoms with Crippen LogP contribution < -0.4 is 10.0 Å². The number of hydrogen-bond donors (Lipinski definition) is 2. The minimum Gasteiger partial charge on any atom is -0.322 e. The molecule has 0 saturated heterocycles. The molecule has 2 rings (SSSR count). The normalized spacial score (nSPS) is 11.0. The maximum atomic E-state index is 12.2. The zero-order chi connectivity index (χ0) is 18.6. The van der Waals surface area contributed by atoms with Gasteiger partial charge in [0.1, 0.15) is 0 Å². The van der Waals surface area contributed by atoms with Crippen LogP contribution in [0.3, 0.4) is 0 Å². The molecule has 0 spiro atoms. The Hall–Kier alpha value is -2.65. The molecule has 8 nitrogen and oxygen atoms in total. The number of rotatable bonds is 6. The molecule has 10 heteroatoms. The number of amides is 1. The molecule has 0 fully saturated rings. The quantitative estimate of drug-likeness (QED) is 0.586. The van der Waals surface area contributed by atoms with Crippen LogP contribution in [0.5, 0.6) is 0 Å². The Kier molecular flexibility index (Phi) is 5.60. The van der Waals surface area contributed by atoms with Gasteiger partial charge >= 0.3 is 0 Å². The number of halogens is 1. The topological polar surface area (TPSA) is 118 Å². The molecular formula is C15H14ClN3O5S. The lowest BCUT2D eigenvalue weighted by atomic mass is 10.2. The average molecular weight is 384 g/mol. The summed E-state index contributed by atoms with van der Waals surface area (Å²) in [6, 6.07) is 9.58. The van der Waals surface area contributed by atoms with Crippen molar-refractivity contribution in [3.63, 3.8) is 0 Å². The lowest BCUT2D eigenvalue weighted by molar-refractivity contribution is -0.384. The van der Waals surface area contributed by atoms with Gasteiger partial charge in [0.25, 0.3) is 11.6 Å². The molecular weight excluding hydrogens is 370 g/mol. The van der Waals surface area contributed by atoms with E-state index in [0.717, 1.165) is 6.07 Å². The summed E-state index contributed by atoms with van der Waals surface area (Å²) in [6.45, 7) is 1.52. The Morgan fingerprint density at radius 2 is 1.76 bits per heavy atom. The molecule has 1 amide bonds. The molecule has 0 bridgehead atoms. The average Bonchev–Trinajstić information content (AvgIpc) is 2.56. The van der Waals surface area contributed by atoms with Gasteiger partial charge < -0.3 is 5.32 Å². The van der Waals surface area contributed by atoms with E-state index in [0.29, 0.717) is 11.4 Å². The lowest BCUT2D eigenvalue weighted by Crippen LogP contribution is -2.15. The van der Waals surface area contributed by atoms with Crippen LogP contribution in [0.15, 0.2) is 42.5 Å². The van der Waals surface area contributed by atoms with E-state index < -0.39 is 20.9 Å². The van der Waals surface area contributed by atoms with Crippen molar-refractivity contribution >= 4 is 44.6 Å². The highest BCUT2D eigenvalue weighted by Gasteiger charge is 2.15. The van der Waals surface area contributed by atoms with Gasteiger partial charge in [0.2, 0.25) is 10.0 Å². The van der Waals surface area contributed by atoms with Crippen LogP contribution in [0, 0.1) is 10.1 Å². The van der Waals surface area contributed by atoms with Crippen LogP contribution in [0.2, 0.25) is 5.02 Å². The molecule has 0 saturated carbocycles. The third kappa shape index (κ3) is 4.91. The van der Waals surface area contributed by atoms with Gasteiger partial charge in [0.15, 0.2) is 0 Å². The standard InChI is InChI=1S/C15H14ClN3O5S/c1-2-25(23,24)18-11-5-3-10(4-6-11)17-15(20)13-8-7-12(19(21)22)9-14(13)16/h3-9,18H,2H2,1H3,(H,17,20). The number of sulfonamides is 1. The molecule has 0 aliphatic rings. The van der Waals surface area contributed by atoms with Crippen molar-refractivity contribution in [1.29, 1.82) is 0 Å². The highest BCUT2D eigenvalue weighted by molar-refractivity contribution is 7.92. The third-order valence-electron chi connectivity index (χ3n) is 3.20. The molecule has 2 N–H and O–H groups in total. The molecule has 2 aromatic rings. The first-order valence-electron chi connectivity index (χ1n) is 7.07. The second-order valence-electron chi connectivity index (χ2n) is 4.96. The van der Waals surface area contributed by atoms with Crippen LogP contribution in [-0.4, -0.2) is 25.0 Å². The molecule has 25 heavy (non-hydrogen) atoms. The molecule has 0 atom stereocenters. The smallest absolute Gasteiger partial charge is 0.270 e. The van der Waals surface area contributed by atoms with Crippen molar-refractivity contribution in [2.45, 2.75) is 6.92 Å². The molecule has 132 valence electrons. The Morgan fingerprint density at radius 3 is 2.28 bits per heavy atom. The summed E-state index contributed by atoms with van der Waals surface area (Å²) in [5.74, 6) is -0.591. The highest BCUT2D eigenvalue weighted by atomic mass is 35.5. The fourth-order valence-electron chi connectivity index (χ4n) is 1.87. The first-order chi connectivity index (χ1) is 11.7. The summed E-state index contributed by atoms with van der Waals surface area (Å²) in [5.41, 5.74) is 0.657. The summed E-state index contributed by atoms with van der Waals surface area (Å²) in [5, 5.41) is 13.2. The van der Waals surface area contributed by atoms with Crippen LogP contribution in [-0.2, 0) is 10.0 Å². The summed E-state index contributed by atoms with van der Waals surface area (Å²) >= 11 is 5.91. The number of nitro groups is 1. The summed E-state index contributed by atoms with van der Waals surface area (Å²) in [4.78, 5) is 22.3. The minimum absolute atomic E-state index is 0.0426. The molecule has 0 radical (unpaired) electrons. The van der Waals surface area contributed by atoms with E-state index in [2.05, 4.69) is 10.0 Å². The van der Waals surface area contributed by atoms with Crippen LogP contribution in [0.4, 0.5) is 17.1 Å². The van der Waals surface area contributed by atoms with Crippen molar-refractivity contribution in [3.8, 4) is 0 Å². The maximum Gasteiger partial charge on any atom is 0.270 e. The Morgan fingerprint density at radius 1 is 1.16 bits per heavy atom. The van der Waals surface area contributed by atoms with E-state index in [9.17, 15) is 23.3 Å². The summed E-state index contributed by atoms with van der Waals surface area (Å²) in [7, 11) is -3.38. The van der Waals surface area contributed by atoms with Crippen LogP contribution >= 0.6 is 11.6 Å². The Labute approximate surface area is 149 Å². The van der Waals surface area contributed by atoms with E-state index >= 15 is 0 Å². The Balaban J connectivity index is 2.12. The van der Waals surface area contributed by atoms with Gasteiger partial charge in [-0.1, -0.05) is 11.6 Å². The third-order valence-corrected chi connectivity index (χ3v) is 4.82. The van der Waals surface area contributed by atoms with Crippen molar-refractivity contribution < 1.29 is 18.1 Å². The second kappa shape index (κ2) is 7.49. The first-order valence-corrected chi connectivity index (χ1v) is 9.10. The zero-order valence-corrected chi connectivity index (χ0v) is 14.6. The number of nitrogens with zero attached hydrogens (tertiary/aromatic N) is 1. The molecule has 0 heterocycles. The van der Waals surface area contributed by atoms with Gasteiger partial charge in [0, 0.05) is 23.5 Å². The predicted octanol–water partition coefficient (Wildman–Crippen LogP) is 3.26. The largest absolute Gasteiger partial charge is 0.322 e. The van der Waals surface area contributed by atoms with Crippen LogP contribution in [0.25, 0.3) is 0 Å². The number of nitro benzene ring substituents is 1. The van der Waals surface area contributed by atoms with E-state index in [1.165, 1.54) is 43.3 Å².